The van der Waals surface area contributed by atoms with Gasteiger partial charge in [0.05, 0.1) is 11.6 Å². The number of aromatic nitrogens is 3. The lowest BCUT2D eigenvalue weighted by atomic mass is 9.96. The third-order valence-electron chi connectivity index (χ3n) is 6.94. The number of nitrogens with zero attached hydrogens (tertiary/aromatic N) is 4. The molecule has 1 unspecified atom stereocenters. The van der Waals surface area contributed by atoms with Crippen molar-refractivity contribution in [2.45, 2.75) is 29.7 Å². The van der Waals surface area contributed by atoms with Crippen molar-refractivity contribution in [1.82, 2.24) is 15.2 Å². The first kappa shape index (κ1) is 29.6. The second-order valence-electron chi connectivity index (χ2n) is 10.0. The molecule has 1 fully saturated rings. The van der Waals surface area contributed by atoms with Crippen LogP contribution in [0.15, 0.2) is 107 Å². The Morgan fingerprint density at radius 2 is 1.80 bits per heavy atom. The Bertz CT molecular complexity index is 1840. The SMILES string of the molecule is Cc1cccc(COc2ccc(/C(O)=C3\C(=O)C(=O)N(c4nnc(SCc5ccc(Cl)cc5)s4)C3c3cccnc3)cc2)c1. The van der Waals surface area contributed by atoms with Crippen LogP contribution in [0.1, 0.15) is 33.9 Å². The Morgan fingerprint density at radius 3 is 2.52 bits per heavy atom. The molecule has 1 atom stereocenters. The van der Waals surface area contributed by atoms with Crippen LogP contribution >= 0.6 is 34.7 Å². The molecule has 44 heavy (non-hydrogen) atoms. The number of rotatable bonds is 9. The summed E-state index contributed by atoms with van der Waals surface area (Å²) in [5.41, 5.74) is 4.11. The number of aryl methyl sites for hydroxylation is 1. The molecule has 1 N–H and O–H groups in total. The van der Waals surface area contributed by atoms with Gasteiger partial charge in [0.2, 0.25) is 5.13 Å². The fraction of sp³-hybridized carbons (Fsp3) is 0.121. The number of hydrogen-bond donors (Lipinski definition) is 1. The number of carbonyl (C=O) groups excluding carboxylic acids is 2. The summed E-state index contributed by atoms with van der Waals surface area (Å²) in [5.74, 6) is -0.691. The van der Waals surface area contributed by atoms with Gasteiger partial charge in [0.15, 0.2) is 4.34 Å². The number of pyridine rings is 1. The van der Waals surface area contributed by atoms with Crippen molar-refractivity contribution in [3.63, 3.8) is 0 Å². The normalized spacial score (nSPS) is 16.0. The Balaban J connectivity index is 1.27. The van der Waals surface area contributed by atoms with Crippen LogP contribution in [0.25, 0.3) is 5.76 Å². The van der Waals surface area contributed by atoms with Crippen molar-refractivity contribution >= 4 is 57.3 Å². The predicted molar refractivity (Wildman–Crippen MR) is 172 cm³/mol. The molecule has 6 rings (SSSR count). The van der Waals surface area contributed by atoms with Gasteiger partial charge in [-0.15, -0.1) is 10.2 Å². The number of hydrogen-bond acceptors (Lipinski definition) is 9. The standard InChI is InChI=1S/C33H25ClN4O4S2/c1-20-4-2-5-22(16-20)18-42-26-13-9-23(10-14-26)29(39)27-28(24-6-3-15-35-17-24)38(31(41)30(27)40)32-36-37-33(44-32)43-19-21-7-11-25(34)12-8-21/h2-17,28,39H,18-19H2,1H3/b29-27+. The highest BCUT2D eigenvalue weighted by Gasteiger charge is 2.48. The number of ether oxygens (including phenoxy) is 1. The maximum atomic E-state index is 13.5. The fourth-order valence-corrected chi connectivity index (χ4v) is 6.75. The molecular weight excluding hydrogens is 616 g/mol. The minimum absolute atomic E-state index is 0.0537. The Labute approximate surface area is 267 Å². The lowest BCUT2D eigenvalue weighted by molar-refractivity contribution is -0.132. The summed E-state index contributed by atoms with van der Waals surface area (Å²) < 4.78 is 6.54. The number of Topliss-reactive ketones (excluding diaryl/α,β-unsaturated/α-hetero) is 1. The molecule has 0 bridgehead atoms. The summed E-state index contributed by atoms with van der Waals surface area (Å²) in [6.45, 7) is 2.41. The van der Waals surface area contributed by atoms with Crippen LogP contribution in [0.5, 0.6) is 5.75 Å². The first-order valence-electron chi connectivity index (χ1n) is 13.6. The molecule has 0 radical (unpaired) electrons. The maximum Gasteiger partial charge on any atom is 0.301 e. The number of thioether (sulfide) groups is 1. The van der Waals surface area contributed by atoms with Crippen LogP contribution < -0.4 is 9.64 Å². The van der Waals surface area contributed by atoms with E-state index in [-0.39, 0.29) is 16.5 Å². The molecule has 11 heteroatoms. The largest absolute Gasteiger partial charge is 0.507 e. The van der Waals surface area contributed by atoms with Gasteiger partial charge in [-0.3, -0.25) is 19.5 Å². The molecule has 8 nitrogen and oxygen atoms in total. The zero-order chi connectivity index (χ0) is 30.6. The molecule has 2 aromatic heterocycles. The Morgan fingerprint density at radius 1 is 1.00 bits per heavy atom. The van der Waals surface area contributed by atoms with E-state index in [0.29, 0.717) is 38.6 Å². The van der Waals surface area contributed by atoms with Crippen molar-refractivity contribution in [2.24, 2.45) is 0 Å². The third-order valence-corrected chi connectivity index (χ3v) is 9.32. The number of halogens is 1. The van der Waals surface area contributed by atoms with E-state index in [1.54, 1.807) is 48.8 Å². The van der Waals surface area contributed by atoms with Gasteiger partial charge in [0.1, 0.15) is 18.1 Å². The molecule has 220 valence electrons. The average molecular weight is 641 g/mol. The molecule has 1 saturated heterocycles. The van der Waals surface area contributed by atoms with Crippen molar-refractivity contribution in [3.8, 4) is 5.75 Å². The molecule has 3 aromatic carbocycles. The number of ketones is 1. The van der Waals surface area contributed by atoms with E-state index < -0.39 is 17.7 Å². The van der Waals surface area contributed by atoms with Crippen LogP contribution in [-0.2, 0) is 21.9 Å². The zero-order valence-corrected chi connectivity index (χ0v) is 25.8. The first-order chi connectivity index (χ1) is 21.4. The van der Waals surface area contributed by atoms with Gasteiger partial charge in [0.25, 0.3) is 5.78 Å². The second kappa shape index (κ2) is 13.0. The highest BCUT2D eigenvalue weighted by atomic mass is 35.5. The summed E-state index contributed by atoms with van der Waals surface area (Å²) in [6.07, 6.45) is 3.16. The minimum atomic E-state index is -0.942. The van der Waals surface area contributed by atoms with Crippen molar-refractivity contribution in [1.29, 1.82) is 0 Å². The lowest BCUT2D eigenvalue weighted by Crippen LogP contribution is -2.29. The Hall–Kier alpha value is -4.51. The summed E-state index contributed by atoms with van der Waals surface area (Å²) in [4.78, 5) is 32.4. The lowest BCUT2D eigenvalue weighted by Gasteiger charge is -2.22. The van der Waals surface area contributed by atoms with Crippen molar-refractivity contribution in [2.75, 3.05) is 4.90 Å². The van der Waals surface area contributed by atoms with Gasteiger partial charge < -0.3 is 9.84 Å². The molecule has 0 spiro atoms. The topological polar surface area (TPSA) is 106 Å². The van der Waals surface area contributed by atoms with Gasteiger partial charge in [0, 0.05) is 28.7 Å². The quantitative estimate of drug-likeness (QED) is 0.0584. The van der Waals surface area contributed by atoms with Gasteiger partial charge in [-0.2, -0.15) is 0 Å². The van der Waals surface area contributed by atoms with Crippen LogP contribution in [0.4, 0.5) is 5.13 Å². The molecule has 1 amide bonds. The van der Waals surface area contributed by atoms with Crippen LogP contribution in [0.2, 0.25) is 5.02 Å². The summed E-state index contributed by atoms with van der Waals surface area (Å²) in [7, 11) is 0. The average Bonchev–Trinajstić information content (AvgIpc) is 3.62. The predicted octanol–water partition coefficient (Wildman–Crippen LogP) is 7.39. The van der Waals surface area contributed by atoms with E-state index in [0.717, 1.165) is 16.7 Å². The van der Waals surface area contributed by atoms with Crippen LogP contribution in [-0.4, -0.2) is 32.0 Å². The third kappa shape index (κ3) is 6.37. The molecule has 5 aromatic rings. The van der Waals surface area contributed by atoms with E-state index in [2.05, 4.69) is 21.2 Å². The molecule has 0 saturated carbocycles. The van der Waals surface area contributed by atoms with Gasteiger partial charge >= 0.3 is 5.91 Å². The van der Waals surface area contributed by atoms with E-state index in [1.165, 1.54) is 28.0 Å². The molecule has 1 aliphatic rings. The molecule has 1 aliphatic heterocycles. The van der Waals surface area contributed by atoms with Crippen molar-refractivity contribution in [3.05, 3.63) is 136 Å². The summed E-state index contributed by atoms with van der Waals surface area (Å²) >= 11 is 8.65. The molecular formula is C33H25ClN4O4S2. The van der Waals surface area contributed by atoms with Gasteiger partial charge in [-0.1, -0.05) is 82.7 Å². The maximum absolute atomic E-state index is 13.5. The van der Waals surface area contributed by atoms with Gasteiger partial charge in [-0.25, -0.2) is 0 Å². The zero-order valence-electron chi connectivity index (χ0n) is 23.4. The highest BCUT2D eigenvalue weighted by molar-refractivity contribution is 8.00. The number of carbonyl (C=O) groups is 2. The fourth-order valence-electron chi connectivity index (χ4n) is 4.80. The van der Waals surface area contributed by atoms with Gasteiger partial charge in [-0.05, 0) is 66.1 Å². The number of amides is 1. The van der Waals surface area contributed by atoms with E-state index in [9.17, 15) is 14.7 Å². The summed E-state index contributed by atoms with van der Waals surface area (Å²) in [5, 5.41) is 20.9. The van der Waals surface area contributed by atoms with Crippen molar-refractivity contribution < 1.29 is 19.4 Å². The number of aliphatic hydroxyl groups is 1. The number of benzene rings is 3. The van der Waals surface area contributed by atoms with E-state index in [1.807, 2.05) is 49.4 Å². The monoisotopic (exact) mass is 640 g/mol. The number of anilines is 1. The second-order valence-corrected chi connectivity index (χ2v) is 12.6. The van der Waals surface area contributed by atoms with Crippen LogP contribution in [0, 0.1) is 6.92 Å². The van der Waals surface area contributed by atoms with E-state index in [4.69, 9.17) is 16.3 Å². The summed E-state index contributed by atoms with van der Waals surface area (Å²) in [6, 6.07) is 24.8. The molecule has 3 heterocycles. The molecule has 0 aliphatic carbocycles. The minimum Gasteiger partial charge on any atom is -0.507 e. The number of aliphatic hydroxyl groups excluding tert-OH is 1. The highest BCUT2D eigenvalue weighted by Crippen LogP contribution is 2.44. The van der Waals surface area contributed by atoms with Crippen LogP contribution in [0.3, 0.4) is 0 Å². The first-order valence-corrected chi connectivity index (χ1v) is 15.8. The smallest absolute Gasteiger partial charge is 0.301 e. The van der Waals surface area contributed by atoms with E-state index >= 15 is 0 Å². The Kier molecular flexibility index (Phi) is 8.74.